The lowest BCUT2D eigenvalue weighted by atomic mass is 9.92. The molecule has 0 aromatic heterocycles. The van der Waals surface area contributed by atoms with E-state index in [1.807, 2.05) is 31.2 Å². The van der Waals surface area contributed by atoms with Gasteiger partial charge in [0.25, 0.3) is 5.91 Å². The standard InChI is InChI=1S/C20H19BrFN3O3/c1-12(13-3-7-15(21)8-4-13)23-17(26)11-25-18(27)20(2,24-19(25)28)14-5-9-16(22)10-6-14/h3-10,12H,11H2,1-2H3,(H,23,26)(H,24,28)/t12-,20+/m0/s1. The number of imide groups is 1. The summed E-state index contributed by atoms with van der Waals surface area (Å²) in [4.78, 5) is 38.4. The second kappa shape index (κ2) is 7.71. The Morgan fingerprint density at radius 1 is 1.18 bits per heavy atom. The molecule has 2 aromatic carbocycles. The van der Waals surface area contributed by atoms with E-state index in [9.17, 15) is 18.8 Å². The molecule has 8 heteroatoms. The van der Waals surface area contributed by atoms with E-state index < -0.39 is 35.7 Å². The minimum atomic E-state index is -1.34. The maximum atomic E-state index is 13.2. The molecule has 1 aliphatic heterocycles. The van der Waals surface area contributed by atoms with Crippen LogP contribution in [0.4, 0.5) is 9.18 Å². The summed E-state index contributed by atoms with van der Waals surface area (Å²) >= 11 is 3.35. The fourth-order valence-corrected chi connectivity index (χ4v) is 3.35. The first-order valence-electron chi connectivity index (χ1n) is 8.65. The molecule has 0 spiro atoms. The molecule has 0 radical (unpaired) electrons. The molecule has 2 atom stereocenters. The molecular formula is C20H19BrFN3O3. The van der Waals surface area contributed by atoms with Gasteiger partial charge >= 0.3 is 6.03 Å². The molecule has 0 aliphatic carbocycles. The van der Waals surface area contributed by atoms with Crippen LogP contribution in [0.15, 0.2) is 53.0 Å². The van der Waals surface area contributed by atoms with Gasteiger partial charge in [-0.1, -0.05) is 40.2 Å². The van der Waals surface area contributed by atoms with Crippen molar-refractivity contribution in [1.82, 2.24) is 15.5 Å². The molecule has 1 saturated heterocycles. The van der Waals surface area contributed by atoms with Crippen molar-refractivity contribution in [2.75, 3.05) is 6.54 Å². The van der Waals surface area contributed by atoms with Crippen molar-refractivity contribution in [3.05, 3.63) is 69.9 Å². The number of hydrogen-bond acceptors (Lipinski definition) is 3. The van der Waals surface area contributed by atoms with Crippen LogP contribution < -0.4 is 10.6 Å². The highest BCUT2D eigenvalue weighted by Gasteiger charge is 2.49. The van der Waals surface area contributed by atoms with Gasteiger partial charge in [0.2, 0.25) is 5.91 Å². The van der Waals surface area contributed by atoms with Crippen molar-refractivity contribution in [3.63, 3.8) is 0 Å². The average Bonchev–Trinajstić information content (AvgIpc) is 2.86. The van der Waals surface area contributed by atoms with Gasteiger partial charge in [-0.25, -0.2) is 9.18 Å². The molecule has 3 rings (SSSR count). The summed E-state index contributed by atoms with van der Waals surface area (Å²) in [6, 6.07) is 11.8. The van der Waals surface area contributed by atoms with Gasteiger partial charge in [0, 0.05) is 4.47 Å². The zero-order chi connectivity index (χ0) is 20.5. The third kappa shape index (κ3) is 3.91. The molecule has 2 N–H and O–H groups in total. The third-order valence-corrected chi connectivity index (χ3v) is 5.27. The van der Waals surface area contributed by atoms with Gasteiger partial charge < -0.3 is 10.6 Å². The number of carbonyl (C=O) groups is 3. The minimum absolute atomic E-state index is 0.287. The molecule has 6 nitrogen and oxygen atoms in total. The molecule has 0 bridgehead atoms. The first kappa shape index (κ1) is 20.0. The molecule has 1 fully saturated rings. The zero-order valence-electron chi connectivity index (χ0n) is 15.3. The predicted octanol–water partition coefficient (Wildman–Crippen LogP) is 3.23. The first-order chi connectivity index (χ1) is 13.2. The van der Waals surface area contributed by atoms with E-state index in [1.54, 1.807) is 0 Å². The van der Waals surface area contributed by atoms with Crippen LogP contribution >= 0.6 is 15.9 Å². The van der Waals surface area contributed by atoms with E-state index in [2.05, 4.69) is 26.6 Å². The van der Waals surface area contributed by atoms with Crippen LogP contribution in [-0.4, -0.2) is 29.3 Å². The van der Waals surface area contributed by atoms with Gasteiger partial charge in [-0.15, -0.1) is 0 Å². The molecular weight excluding hydrogens is 429 g/mol. The van der Waals surface area contributed by atoms with Gasteiger partial charge in [-0.2, -0.15) is 0 Å². The summed E-state index contributed by atoms with van der Waals surface area (Å²) < 4.78 is 14.1. The average molecular weight is 448 g/mol. The van der Waals surface area contributed by atoms with E-state index in [4.69, 9.17) is 0 Å². The number of urea groups is 1. The lowest BCUT2D eigenvalue weighted by Gasteiger charge is -2.22. The molecule has 2 aromatic rings. The highest BCUT2D eigenvalue weighted by atomic mass is 79.9. The Kier molecular flexibility index (Phi) is 5.51. The van der Waals surface area contributed by atoms with Crippen LogP contribution in [0.3, 0.4) is 0 Å². The second-order valence-electron chi connectivity index (χ2n) is 6.79. The van der Waals surface area contributed by atoms with Crippen LogP contribution in [0.5, 0.6) is 0 Å². The van der Waals surface area contributed by atoms with Crippen molar-refractivity contribution >= 4 is 33.8 Å². The van der Waals surface area contributed by atoms with Crippen molar-refractivity contribution in [3.8, 4) is 0 Å². The normalized spacial score (nSPS) is 20.1. The summed E-state index contributed by atoms with van der Waals surface area (Å²) in [5.41, 5.74) is -0.00848. The lowest BCUT2D eigenvalue weighted by molar-refractivity contribution is -0.135. The molecule has 146 valence electrons. The van der Waals surface area contributed by atoms with E-state index in [-0.39, 0.29) is 6.04 Å². The highest BCUT2D eigenvalue weighted by molar-refractivity contribution is 9.10. The maximum absolute atomic E-state index is 13.2. The number of rotatable bonds is 5. The Balaban J connectivity index is 1.69. The van der Waals surface area contributed by atoms with E-state index in [1.165, 1.54) is 31.2 Å². The smallest absolute Gasteiger partial charge is 0.325 e. The lowest BCUT2D eigenvalue weighted by Crippen LogP contribution is -2.43. The van der Waals surface area contributed by atoms with E-state index in [0.717, 1.165) is 14.9 Å². The number of hydrogen-bond donors (Lipinski definition) is 2. The van der Waals surface area contributed by atoms with Gasteiger partial charge in [-0.3, -0.25) is 14.5 Å². The Hall–Kier alpha value is -2.74. The summed E-state index contributed by atoms with van der Waals surface area (Å²) in [5, 5.41) is 5.37. The predicted molar refractivity (Wildman–Crippen MR) is 105 cm³/mol. The van der Waals surface area contributed by atoms with E-state index in [0.29, 0.717) is 5.56 Å². The largest absolute Gasteiger partial charge is 0.348 e. The number of benzene rings is 2. The third-order valence-electron chi connectivity index (χ3n) is 4.75. The van der Waals surface area contributed by atoms with E-state index >= 15 is 0 Å². The van der Waals surface area contributed by atoms with Crippen LogP contribution in [0.25, 0.3) is 0 Å². The highest BCUT2D eigenvalue weighted by Crippen LogP contribution is 2.28. The second-order valence-corrected chi connectivity index (χ2v) is 7.71. The summed E-state index contributed by atoms with van der Waals surface area (Å²) in [7, 11) is 0. The summed E-state index contributed by atoms with van der Waals surface area (Å²) in [6.45, 7) is 2.95. The topological polar surface area (TPSA) is 78.5 Å². The number of carbonyl (C=O) groups excluding carboxylic acids is 3. The van der Waals surface area contributed by atoms with Gasteiger partial charge in [-0.05, 0) is 49.2 Å². The van der Waals surface area contributed by atoms with Crippen molar-refractivity contribution in [2.45, 2.75) is 25.4 Å². The molecule has 1 aliphatic rings. The Morgan fingerprint density at radius 2 is 1.79 bits per heavy atom. The van der Waals surface area contributed by atoms with Crippen molar-refractivity contribution in [2.24, 2.45) is 0 Å². The van der Waals surface area contributed by atoms with Gasteiger partial charge in [0.05, 0.1) is 6.04 Å². The van der Waals surface area contributed by atoms with Crippen LogP contribution in [0.2, 0.25) is 0 Å². The molecule has 4 amide bonds. The quantitative estimate of drug-likeness (QED) is 0.690. The maximum Gasteiger partial charge on any atom is 0.325 e. The molecule has 1 heterocycles. The van der Waals surface area contributed by atoms with Crippen molar-refractivity contribution in [1.29, 1.82) is 0 Å². The minimum Gasteiger partial charge on any atom is -0.348 e. The van der Waals surface area contributed by atoms with Crippen molar-refractivity contribution < 1.29 is 18.8 Å². The van der Waals surface area contributed by atoms with Gasteiger partial charge in [0.15, 0.2) is 0 Å². The summed E-state index contributed by atoms with van der Waals surface area (Å²) in [6.07, 6.45) is 0. The number of nitrogens with one attached hydrogen (secondary N) is 2. The Bertz CT molecular complexity index is 917. The number of halogens is 2. The molecule has 0 unspecified atom stereocenters. The fraction of sp³-hybridized carbons (Fsp3) is 0.250. The van der Waals surface area contributed by atoms with Crippen LogP contribution in [0, 0.1) is 5.82 Å². The first-order valence-corrected chi connectivity index (χ1v) is 9.45. The fourth-order valence-electron chi connectivity index (χ4n) is 3.08. The monoisotopic (exact) mass is 447 g/mol. The zero-order valence-corrected chi connectivity index (χ0v) is 16.9. The molecule has 28 heavy (non-hydrogen) atoms. The Morgan fingerprint density at radius 3 is 2.39 bits per heavy atom. The van der Waals surface area contributed by atoms with Crippen LogP contribution in [0.1, 0.15) is 31.0 Å². The molecule has 0 saturated carbocycles. The SMILES string of the molecule is C[C@H](NC(=O)CN1C(=O)N[C@](C)(c2ccc(F)cc2)C1=O)c1ccc(Br)cc1. The van der Waals surface area contributed by atoms with Crippen LogP contribution in [-0.2, 0) is 15.1 Å². The van der Waals surface area contributed by atoms with Gasteiger partial charge in [0.1, 0.15) is 17.9 Å². The number of nitrogens with zero attached hydrogens (tertiary/aromatic N) is 1. The Labute approximate surface area is 170 Å². The summed E-state index contributed by atoms with van der Waals surface area (Å²) in [5.74, 6) is -1.46. The number of amides is 4.